The standard InChI is InChI=1S/C18H29NO2/c1-14-6-7-17(21-4)15(12-14)16(20)13-19-10-5-8-18(2,3)9-11-19/h6-7,12,16,20H,5,8-11,13H2,1-4H3. The smallest absolute Gasteiger partial charge is 0.124 e. The van der Waals surface area contributed by atoms with Crippen LogP contribution < -0.4 is 4.74 Å². The molecule has 0 aliphatic carbocycles. The molecule has 1 aromatic rings. The van der Waals surface area contributed by atoms with Gasteiger partial charge in [-0.3, -0.25) is 0 Å². The van der Waals surface area contributed by atoms with Gasteiger partial charge in [0.15, 0.2) is 0 Å². The van der Waals surface area contributed by atoms with Crippen LogP contribution in [0.4, 0.5) is 0 Å². The summed E-state index contributed by atoms with van der Waals surface area (Å²) in [6.45, 7) is 9.57. The Morgan fingerprint density at radius 1 is 1.29 bits per heavy atom. The summed E-state index contributed by atoms with van der Waals surface area (Å²) in [6.07, 6.45) is 3.20. The Labute approximate surface area is 128 Å². The molecular weight excluding hydrogens is 262 g/mol. The van der Waals surface area contributed by atoms with E-state index < -0.39 is 6.10 Å². The van der Waals surface area contributed by atoms with Crippen LogP contribution in [0.1, 0.15) is 50.3 Å². The van der Waals surface area contributed by atoms with E-state index in [2.05, 4.69) is 18.7 Å². The number of hydrogen-bond acceptors (Lipinski definition) is 3. The normalized spacial score (nSPS) is 20.8. The van der Waals surface area contributed by atoms with E-state index >= 15 is 0 Å². The zero-order valence-electron chi connectivity index (χ0n) is 13.9. The number of likely N-dealkylation sites (tertiary alicyclic amines) is 1. The first-order valence-electron chi connectivity index (χ1n) is 7.96. The molecule has 1 heterocycles. The van der Waals surface area contributed by atoms with Gasteiger partial charge in [-0.2, -0.15) is 0 Å². The molecule has 118 valence electrons. The molecule has 2 rings (SSSR count). The van der Waals surface area contributed by atoms with Crippen molar-refractivity contribution in [3.8, 4) is 5.75 Å². The SMILES string of the molecule is COc1ccc(C)cc1C(O)CN1CCCC(C)(C)CC1. The van der Waals surface area contributed by atoms with Crippen LogP contribution in [-0.4, -0.2) is 36.8 Å². The fraction of sp³-hybridized carbons (Fsp3) is 0.667. The Morgan fingerprint density at radius 2 is 2.05 bits per heavy atom. The van der Waals surface area contributed by atoms with Crippen molar-refractivity contribution in [2.45, 2.75) is 46.1 Å². The van der Waals surface area contributed by atoms with Crippen LogP contribution in [0.15, 0.2) is 18.2 Å². The number of methoxy groups -OCH3 is 1. The molecule has 0 amide bonds. The summed E-state index contributed by atoms with van der Waals surface area (Å²) in [7, 11) is 1.66. The molecule has 21 heavy (non-hydrogen) atoms. The maximum Gasteiger partial charge on any atom is 0.124 e. The number of β-amino-alcohol motifs (C(OH)–C–C–N with tert-alkyl or cyclic N) is 1. The number of benzene rings is 1. The quantitative estimate of drug-likeness (QED) is 0.921. The predicted octanol–water partition coefficient (Wildman–Crippen LogP) is 3.55. The highest BCUT2D eigenvalue weighted by Gasteiger charge is 2.25. The second-order valence-electron chi connectivity index (χ2n) is 7.08. The van der Waals surface area contributed by atoms with E-state index in [0.717, 1.165) is 30.0 Å². The minimum atomic E-state index is -0.485. The number of aliphatic hydroxyl groups is 1. The van der Waals surface area contributed by atoms with Crippen molar-refractivity contribution in [1.82, 2.24) is 4.90 Å². The van der Waals surface area contributed by atoms with Gasteiger partial charge in [0.25, 0.3) is 0 Å². The van der Waals surface area contributed by atoms with Crippen molar-refractivity contribution in [3.05, 3.63) is 29.3 Å². The van der Waals surface area contributed by atoms with Gasteiger partial charge in [-0.1, -0.05) is 25.5 Å². The molecule has 1 aromatic carbocycles. The molecular formula is C18H29NO2. The lowest BCUT2D eigenvalue weighted by atomic mass is 9.85. The molecule has 1 fully saturated rings. The molecule has 0 bridgehead atoms. The van der Waals surface area contributed by atoms with Crippen LogP contribution in [0, 0.1) is 12.3 Å². The van der Waals surface area contributed by atoms with E-state index in [1.165, 1.54) is 19.3 Å². The van der Waals surface area contributed by atoms with E-state index in [1.807, 2.05) is 25.1 Å². The molecule has 1 aliphatic rings. The van der Waals surface area contributed by atoms with Crippen molar-refractivity contribution in [2.24, 2.45) is 5.41 Å². The van der Waals surface area contributed by atoms with E-state index in [-0.39, 0.29) is 0 Å². The lowest BCUT2D eigenvalue weighted by molar-refractivity contribution is 0.111. The van der Waals surface area contributed by atoms with Gasteiger partial charge in [0.2, 0.25) is 0 Å². The number of hydrogen-bond donors (Lipinski definition) is 1. The molecule has 1 aliphatic heterocycles. The van der Waals surface area contributed by atoms with Gasteiger partial charge >= 0.3 is 0 Å². The van der Waals surface area contributed by atoms with Crippen LogP contribution in [0.2, 0.25) is 0 Å². The van der Waals surface area contributed by atoms with Crippen molar-refractivity contribution >= 4 is 0 Å². The van der Waals surface area contributed by atoms with Crippen molar-refractivity contribution in [1.29, 1.82) is 0 Å². The molecule has 3 heteroatoms. The highest BCUT2D eigenvalue weighted by molar-refractivity contribution is 5.38. The second-order valence-corrected chi connectivity index (χ2v) is 7.08. The van der Waals surface area contributed by atoms with Crippen LogP contribution in [0.25, 0.3) is 0 Å². The van der Waals surface area contributed by atoms with Crippen molar-refractivity contribution in [3.63, 3.8) is 0 Å². The predicted molar refractivity (Wildman–Crippen MR) is 86.8 cm³/mol. The van der Waals surface area contributed by atoms with Crippen LogP contribution in [-0.2, 0) is 0 Å². The Bertz CT molecular complexity index is 470. The third kappa shape index (κ3) is 4.45. The molecule has 0 spiro atoms. The summed E-state index contributed by atoms with van der Waals surface area (Å²) in [5.74, 6) is 0.781. The maximum absolute atomic E-state index is 10.6. The third-order valence-electron chi connectivity index (χ3n) is 4.61. The van der Waals surface area contributed by atoms with Gasteiger partial charge in [0.05, 0.1) is 13.2 Å². The first-order valence-corrected chi connectivity index (χ1v) is 7.96. The van der Waals surface area contributed by atoms with Gasteiger partial charge < -0.3 is 14.7 Å². The molecule has 0 radical (unpaired) electrons. The van der Waals surface area contributed by atoms with Gasteiger partial charge in [-0.05, 0) is 56.8 Å². The number of aliphatic hydroxyl groups excluding tert-OH is 1. The molecule has 1 unspecified atom stereocenters. The minimum Gasteiger partial charge on any atom is -0.496 e. The zero-order valence-corrected chi connectivity index (χ0v) is 13.9. The van der Waals surface area contributed by atoms with Crippen molar-refractivity contribution < 1.29 is 9.84 Å². The summed E-state index contributed by atoms with van der Waals surface area (Å²) >= 11 is 0. The second kappa shape index (κ2) is 6.80. The Hall–Kier alpha value is -1.06. The van der Waals surface area contributed by atoms with Gasteiger partial charge in [0, 0.05) is 12.1 Å². The summed E-state index contributed by atoms with van der Waals surface area (Å²) in [6, 6.07) is 5.99. The number of rotatable bonds is 4. The van der Waals surface area contributed by atoms with E-state index in [0.29, 0.717) is 12.0 Å². The Balaban J connectivity index is 2.04. The highest BCUT2D eigenvalue weighted by atomic mass is 16.5. The molecule has 1 atom stereocenters. The number of nitrogens with zero attached hydrogens (tertiary/aromatic N) is 1. The fourth-order valence-corrected chi connectivity index (χ4v) is 3.12. The molecule has 1 N–H and O–H groups in total. The van der Waals surface area contributed by atoms with Crippen molar-refractivity contribution in [2.75, 3.05) is 26.7 Å². The van der Waals surface area contributed by atoms with E-state index in [1.54, 1.807) is 7.11 Å². The largest absolute Gasteiger partial charge is 0.496 e. The molecule has 1 saturated heterocycles. The van der Waals surface area contributed by atoms with Crippen LogP contribution in [0.3, 0.4) is 0 Å². The fourth-order valence-electron chi connectivity index (χ4n) is 3.12. The van der Waals surface area contributed by atoms with E-state index in [4.69, 9.17) is 4.74 Å². The van der Waals surface area contributed by atoms with Crippen LogP contribution in [0.5, 0.6) is 5.75 Å². The third-order valence-corrected chi connectivity index (χ3v) is 4.61. The Kier molecular flexibility index (Phi) is 5.28. The zero-order chi connectivity index (χ0) is 15.5. The topological polar surface area (TPSA) is 32.7 Å². The van der Waals surface area contributed by atoms with E-state index in [9.17, 15) is 5.11 Å². The Morgan fingerprint density at radius 3 is 2.76 bits per heavy atom. The summed E-state index contributed by atoms with van der Waals surface area (Å²) < 4.78 is 5.39. The van der Waals surface area contributed by atoms with Gasteiger partial charge in [-0.25, -0.2) is 0 Å². The molecule has 0 saturated carbocycles. The average Bonchev–Trinajstić information content (AvgIpc) is 2.60. The molecule has 0 aromatic heterocycles. The maximum atomic E-state index is 10.6. The minimum absolute atomic E-state index is 0.431. The summed E-state index contributed by atoms with van der Waals surface area (Å²) in [5.41, 5.74) is 2.49. The van der Waals surface area contributed by atoms with Gasteiger partial charge in [-0.15, -0.1) is 0 Å². The highest BCUT2D eigenvalue weighted by Crippen LogP contribution is 2.31. The first-order chi connectivity index (χ1) is 9.91. The molecule has 3 nitrogen and oxygen atoms in total. The summed E-state index contributed by atoms with van der Waals surface area (Å²) in [5, 5.41) is 10.6. The lowest BCUT2D eigenvalue weighted by Crippen LogP contribution is -2.30. The monoisotopic (exact) mass is 291 g/mol. The number of ether oxygens (including phenoxy) is 1. The lowest BCUT2D eigenvalue weighted by Gasteiger charge is -2.26. The number of aryl methyl sites for hydroxylation is 1. The van der Waals surface area contributed by atoms with Crippen LogP contribution >= 0.6 is 0 Å². The van der Waals surface area contributed by atoms with Gasteiger partial charge in [0.1, 0.15) is 5.75 Å². The summed E-state index contributed by atoms with van der Waals surface area (Å²) in [4.78, 5) is 2.39. The first kappa shape index (κ1) is 16.3. The average molecular weight is 291 g/mol.